The smallest absolute Gasteiger partial charge is 0.318 e. The van der Waals surface area contributed by atoms with E-state index in [0.717, 1.165) is 12.1 Å². The van der Waals surface area contributed by atoms with Gasteiger partial charge in [-0.3, -0.25) is 19.6 Å². The number of nitrogens with one attached hydrogen (secondary N) is 1. The first-order valence-electron chi connectivity index (χ1n) is 5.75. The number of carbonyl (C=O) groups excluding carboxylic acids is 1. The number of benzene rings is 1. The van der Waals surface area contributed by atoms with E-state index in [1.54, 1.807) is 0 Å². The predicted molar refractivity (Wildman–Crippen MR) is 68.9 cm³/mol. The lowest BCUT2D eigenvalue weighted by atomic mass is 10.2. The zero-order chi connectivity index (χ0) is 15.7. The van der Waals surface area contributed by atoms with Gasteiger partial charge in [-0.2, -0.15) is 5.10 Å². The van der Waals surface area contributed by atoms with E-state index in [2.05, 4.69) is 10.4 Å². The molecule has 7 nitrogen and oxygen atoms in total. The van der Waals surface area contributed by atoms with Crippen LogP contribution in [0.2, 0.25) is 0 Å². The first-order chi connectivity index (χ1) is 9.81. The largest absolute Gasteiger partial charge is 0.322 e. The first kappa shape index (κ1) is 14.6. The molecule has 2 rings (SSSR count). The molecule has 1 amide bonds. The van der Waals surface area contributed by atoms with Gasteiger partial charge in [0.05, 0.1) is 10.6 Å². The van der Waals surface area contributed by atoms with E-state index in [9.17, 15) is 23.7 Å². The van der Waals surface area contributed by atoms with Crippen molar-refractivity contribution in [1.29, 1.82) is 0 Å². The molecule has 110 valence electrons. The number of halogens is 2. The van der Waals surface area contributed by atoms with Crippen LogP contribution in [0.3, 0.4) is 0 Å². The van der Waals surface area contributed by atoms with Gasteiger partial charge in [0, 0.05) is 13.1 Å². The highest BCUT2D eigenvalue weighted by Crippen LogP contribution is 2.24. The average Bonchev–Trinajstić information content (AvgIpc) is 2.69. The molecular formula is C12H10F2N4O3. The highest BCUT2D eigenvalue weighted by atomic mass is 19.1. The molecule has 0 atom stereocenters. The fraction of sp³-hybridized carbons (Fsp3) is 0.167. The van der Waals surface area contributed by atoms with Crippen LogP contribution in [0.15, 0.2) is 18.2 Å². The van der Waals surface area contributed by atoms with Crippen molar-refractivity contribution in [1.82, 2.24) is 9.78 Å². The minimum absolute atomic E-state index is 0.185. The number of anilines is 1. The van der Waals surface area contributed by atoms with Crippen LogP contribution in [0, 0.1) is 28.7 Å². The summed E-state index contributed by atoms with van der Waals surface area (Å²) in [5.41, 5.74) is -1.01. The van der Waals surface area contributed by atoms with Gasteiger partial charge in [-0.25, -0.2) is 8.78 Å². The highest BCUT2D eigenvalue weighted by Gasteiger charge is 2.29. The summed E-state index contributed by atoms with van der Waals surface area (Å²) in [6.07, 6.45) is 0. The summed E-state index contributed by atoms with van der Waals surface area (Å²) in [6.45, 7) is 1.43. The molecular weight excluding hydrogens is 286 g/mol. The van der Waals surface area contributed by atoms with Crippen molar-refractivity contribution in [2.45, 2.75) is 6.92 Å². The Labute approximate surface area is 117 Å². The Bertz CT molecular complexity index is 742. The average molecular weight is 296 g/mol. The maximum absolute atomic E-state index is 13.5. The normalized spacial score (nSPS) is 10.5. The van der Waals surface area contributed by atoms with Crippen molar-refractivity contribution in [2.24, 2.45) is 7.05 Å². The summed E-state index contributed by atoms with van der Waals surface area (Å²) < 4.78 is 27.4. The standard InChI is InChI=1S/C12H10F2N4O3/c1-6-11(18(20)21)10(16-17(6)2)12(19)15-9-4-3-7(13)5-8(9)14/h3-5H,1-2H3,(H,15,19). The van der Waals surface area contributed by atoms with Crippen molar-refractivity contribution in [3.8, 4) is 0 Å². The number of rotatable bonds is 3. The van der Waals surface area contributed by atoms with Gasteiger partial charge in [-0.15, -0.1) is 0 Å². The number of carbonyl (C=O) groups is 1. The van der Waals surface area contributed by atoms with E-state index >= 15 is 0 Å². The van der Waals surface area contributed by atoms with Gasteiger partial charge in [0.1, 0.15) is 17.3 Å². The molecule has 21 heavy (non-hydrogen) atoms. The van der Waals surface area contributed by atoms with E-state index in [1.807, 2.05) is 0 Å². The van der Waals surface area contributed by atoms with Crippen LogP contribution in [0.25, 0.3) is 0 Å². The minimum Gasteiger partial charge on any atom is -0.318 e. The third-order valence-electron chi connectivity index (χ3n) is 2.88. The molecule has 0 aliphatic heterocycles. The van der Waals surface area contributed by atoms with Crippen molar-refractivity contribution < 1.29 is 18.5 Å². The quantitative estimate of drug-likeness (QED) is 0.694. The number of nitrogens with zero attached hydrogens (tertiary/aromatic N) is 3. The Kier molecular flexibility index (Phi) is 3.66. The number of amides is 1. The second-order valence-electron chi connectivity index (χ2n) is 4.24. The maximum atomic E-state index is 13.5. The predicted octanol–water partition coefficient (Wildman–Crippen LogP) is 2.17. The third-order valence-corrected chi connectivity index (χ3v) is 2.88. The summed E-state index contributed by atoms with van der Waals surface area (Å²) >= 11 is 0. The number of hydrogen-bond acceptors (Lipinski definition) is 4. The molecule has 0 saturated carbocycles. The molecule has 0 fully saturated rings. The monoisotopic (exact) mass is 296 g/mol. The summed E-state index contributed by atoms with van der Waals surface area (Å²) in [4.78, 5) is 22.2. The molecule has 1 heterocycles. The van der Waals surface area contributed by atoms with E-state index < -0.39 is 33.8 Å². The molecule has 0 saturated heterocycles. The third kappa shape index (κ3) is 2.71. The van der Waals surface area contributed by atoms with Crippen LogP contribution < -0.4 is 5.32 Å². The molecule has 0 aliphatic carbocycles. The molecule has 0 unspecified atom stereocenters. The zero-order valence-electron chi connectivity index (χ0n) is 11.1. The van der Waals surface area contributed by atoms with Gasteiger partial charge in [-0.05, 0) is 19.1 Å². The summed E-state index contributed by atoms with van der Waals surface area (Å²) in [6, 6.07) is 2.56. The molecule has 2 aromatic rings. The maximum Gasteiger partial charge on any atom is 0.322 e. The van der Waals surface area contributed by atoms with Gasteiger partial charge >= 0.3 is 5.69 Å². The van der Waals surface area contributed by atoms with Crippen LogP contribution in [-0.4, -0.2) is 20.6 Å². The van der Waals surface area contributed by atoms with E-state index in [1.165, 1.54) is 18.7 Å². The number of nitro groups is 1. The Balaban J connectivity index is 2.37. The lowest BCUT2D eigenvalue weighted by Crippen LogP contribution is -2.15. The van der Waals surface area contributed by atoms with Gasteiger partial charge < -0.3 is 5.32 Å². The van der Waals surface area contributed by atoms with E-state index in [4.69, 9.17) is 0 Å². The highest BCUT2D eigenvalue weighted by molar-refractivity contribution is 6.05. The van der Waals surface area contributed by atoms with Crippen molar-refractivity contribution >= 4 is 17.3 Å². The lowest BCUT2D eigenvalue weighted by Gasteiger charge is -2.04. The Morgan fingerprint density at radius 1 is 1.43 bits per heavy atom. The summed E-state index contributed by atoms with van der Waals surface area (Å²) in [7, 11) is 1.44. The molecule has 1 N–H and O–H groups in total. The van der Waals surface area contributed by atoms with Crippen molar-refractivity contribution in [3.05, 3.63) is 51.3 Å². The van der Waals surface area contributed by atoms with Gasteiger partial charge in [0.2, 0.25) is 5.69 Å². The lowest BCUT2D eigenvalue weighted by molar-refractivity contribution is -0.385. The van der Waals surface area contributed by atoms with Crippen molar-refractivity contribution in [2.75, 3.05) is 5.32 Å². The van der Waals surface area contributed by atoms with Gasteiger partial charge in [0.15, 0.2) is 0 Å². The van der Waals surface area contributed by atoms with Crippen molar-refractivity contribution in [3.63, 3.8) is 0 Å². The molecule has 1 aromatic carbocycles. The van der Waals surface area contributed by atoms with Gasteiger partial charge in [-0.1, -0.05) is 0 Å². The number of aromatic nitrogens is 2. The molecule has 0 aliphatic rings. The number of aryl methyl sites for hydroxylation is 1. The molecule has 0 radical (unpaired) electrons. The molecule has 9 heteroatoms. The fourth-order valence-corrected chi connectivity index (χ4v) is 1.74. The van der Waals surface area contributed by atoms with Crippen LogP contribution in [-0.2, 0) is 7.05 Å². The molecule has 0 bridgehead atoms. The Morgan fingerprint density at radius 3 is 2.67 bits per heavy atom. The van der Waals surface area contributed by atoms with Crippen LogP contribution >= 0.6 is 0 Å². The molecule has 0 spiro atoms. The van der Waals surface area contributed by atoms with E-state index in [0.29, 0.717) is 6.07 Å². The van der Waals surface area contributed by atoms with Crippen LogP contribution in [0.1, 0.15) is 16.2 Å². The topological polar surface area (TPSA) is 90.1 Å². The molecule has 1 aromatic heterocycles. The Morgan fingerprint density at radius 2 is 2.10 bits per heavy atom. The SMILES string of the molecule is Cc1c([N+](=O)[O-])c(C(=O)Nc2ccc(F)cc2F)nn1C. The summed E-state index contributed by atoms with van der Waals surface area (Å²) in [5.74, 6) is -2.74. The van der Waals surface area contributed by atoms with Crippen LogP contribution in [0.4, 0.5) is 20.2 Å². The minimum atomic E-state index is -0.987. The second-order valence-corrected chi connectivity index (χ2v) is 4.24. The second kappa shape index (κ2) is 5.27. The first-order valence-corrected chi connectivity index (χ1v) is 5.75. The summed E-state index contributed by atoms with van der Waals surface area (Å²) in [5, 5.41) is 16.8. The number of hydrogen-bond donors (Lipinski definition) is 1. The zero-order valence-corrected chi connectivity index (χ0v) is 11.1. The van der Waals surface area contributed by atoms with Crippen LogP contribution in [0.5, 0.6) is 0 Å². The Hall–Kier alpha value is -2.84. The fourth-order valence-electron chi connectivity index (χ4n) is 1.74. The van der Waals surface area contributed by atoms with Gasteiger partial charge in [0.25, 0.3) is 5.91 Å². The van der Waals surface area contributed by atoms with E-state index in [-0.39, 0.29) is 11.4 Å².